The lowest BCUT2D eigenvalue weighted by Gasteiger charge is -2.32. The third kappa shape index (κ3) is 3.77. The Bertz CT molecular complexity index is 614. The normalized spacial score (nSPS) is 16.6. The van der Waals surface area contributed by atoms with Crippen molar-refractivity contribution < 1.29 is 9.21 Å². The average molecular weight is 298 g/mol. The summed E-state index contributed by atoms with van der Waals surface area (Å²) < 4.78 is 4.95. The van der Waals surface area contributed by atoms with Gasteiger partial charge >= 0.3 is 0 Å². The van der Waals surface area contributed by atoms with Crippen molar-refractivity contribution in [2.45, 2.75) is 32.4 Å². The molecule has 0 atom stereocenters. The molecule has 0 unspecified atom stereocenters. The van der Waals surface area contributed by atoms with Crippen molar-refractivity contribution in [3.63, 3.8) is 0 Å². The second-order valence-corrected chi connectivity index (χ2v) is 6.02. The third-order valence-corrected chi connectivity index (χ3v) is 4.19. The Morgan fingerprint density at radius 2 is 2.14 bits per heavy atom. The second-order valence-electron chi connectivity index (χ2n) is 6.02. The number of nitrogens with zero attached hydrogens (tertiary/aromatic N) is 1. The summed E-state index contributed by atoms with van der Waals surface area (Å²) in [6, 6.07) is 10.6. The summed E-state index contributed by atoms with van der Waals surface area (Å²) in [5.41, 5.74) is 3.27. The molecule has 4 heteroatoms. The number of piperidine rings is 1. The molecular weight excluding hydrogens is 276 g/mol. The van der Waals surface area contributed by atoms with Crippen LogP contribution < -0.4 is 5.32 Å². The fourth-order valence-corrected chi connectivity index (χ4v) is 2.97. The van der Waals surface area contributed by atoms with Gasteiger partial charge in [-0.1, -0.05) is 29.8 Å². The molecule has 1 fully saturated rings. The molecule has 2 aromatic rings. The topological polar surface area (TPSA) is 45.5 Å². The molecule has 1 aromatic carbocycles. The minimum atomic E-state index is -0.0362. The largest absolute Gasteiger partial charge is 0.472 e. The zero-order chi connectivity index (χ0) is 15.4. The Labute approximate surface area is 131 Å². The average Bonchev–Trinajstić information content (AvgIpc) is 3.04. The summed E-state index contributed by atoms with van der Waals surface area (Å²) in [7, 11) is 0. The minimum Gasteiger partial charge on any atom is -0.472 e. The Balaban J connectivity index is 1.47. The number of carbonyl (C=O) groups is 1. The molecule has 4 nitrogen and oxygen atoms in total. The molecule has 1 N–H and O–H groups in total. The molecule has 0 radical (unpaired) electrons. The monoisotopic (exact) mass is 298 g/mol. The van der Waals surface area contributed by atoms with Crippen LogP contribution in [0.3, 0.4) is 0 Å². The van der Waals surface area contributed by atoms with E-state index in [4.69, 9.17) is 4.42 Å². The van der Waals surface area contributed by atoms with Crippen LogP contribution in [-0.2, 0) is 6.54 Å². The zero-order valence-electron chi connectivity index (χ0n) is 12.9. The van der Waals surface area contributed by atoms with Crippen LogP contribution in [-0.4, -0.2) is 29.9 Å². The molecule has 1 aromatic heterocycles. The van der Waals surface area contributed by atoms with Crippen LogP contribution in [0.15, 0.2) is 47.3 Å². The number of hydrogen-bond donors (Lipinski definition) is 1. The van der Waals surface area contributed by atoms with E-state index >= 15 is 0 Å². The smallest absolute Gasteiger partial charge is 0.254 e. The number of rotatable bonds is 4. The van der Waals surface area contributed by atoms with Crippen molar-refractivity contribution in [1.29, 1.82) is 0 Å². The van der Waals surface area contributed by atoms with Gasteiger partial charge in [-0.3, -0.25) is 9.69 Å². The SMILES string of the molecule is Cc1cccc(CN2CCC(NC(=O)c3ccoc3)CC2)c1. The van der Waals surface area contributed by atoms with Gasteiger partial charge in [-0.2, -0.15) is 0 Å². The summed E-state index contributed by atoms with van der Waals surface area (Å²) in [6.45, 7) is 5.15. The number of furan rings is 1. The maximum absolute atomic E-state index is 12.0. The van der Waals surface area contributed by atoms with Crippen molar-refractivity contribution in [2.75, 3.05) is 13.1 Å². The lowest BCUT2D eigenvalue weighted by atomic mass is 10.0. The van der Waals surface area contributed by atoms with Gasteiger partial charge in [-0.05, 0) is 31.4 Å². The molecule has 22 heavy (non-hydrogen) atoms. The van der Waals surface area contributed by atoms with Crippen molar-refractivity contribution in [3.8, 4) is 0 Å². The molecule has 1 aliphatic heterocycles. The number of likely N-dealkylation sites (tertiary alicyclic amines) is 1. The van der Waals surface area contributed by atoms with Gasteiger partial charge in [0.2, 0.25) is 0 Å². The van der Waals surface area contributed by atoms with E-state index in [1.54, 1.807) is 6.07 Å². The number of hydrogen-bond acceptors (Lipinski definition) is 3. The van der Waals surface area contributed by atoms with Gasteiger partial charge < -0.3 is 9.73 Å². The number of benzene rings is 1. The Morgan fingerprint density at radius 3 is 2.82 bits per heavy atom. The van der Waals surface area contributed by atoms with Gasteiger partial charge in [0, 0.05) is 25.7 Å². The van der Waals surface area contributed by atoms with Gasteiger partial charge in [-0.25, -0.2) is 0 Å². The molecule has 0 bridgehead atoms. The third-order valence-electron chi connectivity index (χ3n) is 4.19. The van der Waals surface area contributed by atoms with Crippen molar-refractivity contribution in [3.05, 3.63) is 59.5 Å². The molecule has 0 saturated carbocycles. The fourth-order valence-electron chi connectivity index (χ4n) is 2.97. The lowest BCUT2D eigenvalue weighted by molar-refractivity contribution is 0.0908. The van der Waals surface area contributed by atoms with Crippen molar-refractivity contribution in [2.24, 2.45) is 0 Å². The summed E-state index contributed by atoms with van der Waals surface area (Å²) in [4.78, 5) is 14.5. The minimum absolute atomic E-state index is 0.0362. The summed E-state index contributed by atoms with van der Waals surface area (Å²) >= 11 is 0. The van der Waals surface area contributed by atoms with Crippen molar-refractivity contribution >= 4 is 5.91 Å². The predicted molar refractivity (Wildman–Crippen MR) is 85.7 cm³/mol. The molecule has 0 spiro atoms. The van der Waals surface area contributed by atoms with Gasteiger partial charge in [0.05, 0.1) is 11.8 Å². The molecular formula is C18H22N2O2. The highest BCUT2D eigenvalue weighted by atomic mass is 16.3. The van der Waals surface area contributed by atoms with Gasteiger partial charge in [-0.15, -0.1) is 0 Å². The highest BCUT2D eigenvalue weighted by Crippen LogP contribution is 2.15. The van der Waals surface area contributed by atoms with Crippen LogP contribution in [0.5, 0.6) is 0 Å². The number of carbonyl (C=O) groups excluding carboxylic acids is 1. The van der Waals surface area contributed by atoms with Gasteiger partial charge in [0.1, 0.15) is 6.26 Å². The highest BCUT2D eigenvalue weighted by molar-refractivity contribution is 5.93. The van der Waals surface area contributed by atoms with E-state index in [-0.39, 0.29) is 11.9 Å². The van der Waals surface area contributed by atoms with Crippen LogP contribution in [0.2, 0.25) is 0 Å². The lowest BCUT2D eigenvalue weighted by Crippen LogP contribution is -2.44. The summed E-state index contributed by atoms with van der Waals surface area (Å²) in [5, 5.41) is 3.09. The quantitative estimate of drug-likeness (QED) is 0.944. The standard InChI is InChI=1S/C18H22N2O2/c1-14-3-2-4-15(11-14)12-20-8-5-17(6-9-20)19-18(21)16-7-10-22-13-16/h2-4,7,10-11,13,17H,5-6,8-9,12H2,1H3,(H,19,21). The molecule has 3 rings (SSSR count). The van der Waals surface area contributed by atoms with E-state index in [0.29, 0.717) is 5.56 Å². The Morgan fingerprint density at radius 1 is 1.32 bits per heavy atom. The first-order chi connectivity index (χ1) is 10.7. The zero-order valence-corrected chi connectivity index (χ0v) is 12.9. The first kappa shape index (κ1) is 14.9. The molecule has 1 amide bonds. The van der Waals surface area contributed by atoms with E-state index in [2.05, 4.69) is 41.4 Å². The number of aryl methyl sites for hydroxylation is 1. The Kier molecular flexibility index (Phi) is 4.59. The van der Waals surface area contributed by atoms with Crippen LogP contribution in [0.4, 0.5) is 0 Å². The first-order valence-electron chi connectivity index (χ1n) is 7.81. The van der Waals surface area contributed by atoms with Gasteiger partial charge in [0.15, 0.2) is 0 Å². The van der Waals surface area contributed by atoms with E-state index in [1.807, 2.05) is 0 Å². The second kappa shape index (κ2) is 6.79. The van der Waals surface area contributed by atoms with Crippen LogP contribution in [0.1, 0.15) is 34.3 Å². The molecule has 2 heterocycles. The van der Waals surface area contributed by atoms with E-state index < -0.39 is 0 Å². The maximum Gasteiger partial charge on any atom is 0.254 e. The van der Waals surface area contributed by atoms with Crippen molar-refractivity contribution in [1.82, 2.24) is 10.2 Å². The number of amides is 1. The fraction of sp³-hybridized carbons (Fsp3) is 0.389. The summed E-state index contributed by atoms with van der Waals surface area (Å²) in [6.07, 6.45) is 5.01. The van der Waals surface area contributed by atoms with E-state index in [0.717, 1.165) is 32.5 Å². The van der Waals surface area contributed by atoms with E-state index in [1.165, 1.54) is 23.7 Å². The molecule has 1 aliphatic rings. The van der Waals surface area contributed by atoms with E-state index in [9.17, 15) is 4.79 Å². The Hall–Kier alpha value is -2.07. The highest BCUT2D eigenvalue weighted by Gasteiger charge is 2.21. The summed E-state index contributed by atoms with van der Waals surface area (Å²) in [5.74, 6) is -0.0362. The maximum atomic E-state index is 12.0. The first-order valence-corrected chi connectivity index (χ1v) is 7.81. The molecule has 116 valence electrons. The van der Waals surface area contributed by atoms with Crippen LogP contribution >= 0.6 is 0 Å². The molecule has 0 aliphatic carbocycles. The van der Waals surface area contributed by atoms with Crippen LogP contribution in [0, 0.1) is 6.92 Å². The van der Waals surface area contributed by atoms with Gasteiger partial charge in [0.25, 0.3) is 5.91 Å². The predicted octanol–water partition coefficient (Wildman–Crippen LogP) is 2.98. The van der Waals surface area contributed by atoms with Crippen LogP contribution in [0.25, 0.3) is 0 Å². The number of nitrogens with one attached hydrogen (secondary N) is 1. The molecule has 1 saturated heterocycles.